The number of piperidine rings is 1. The van der Waals surface area contributed by atoms with Crippen LogP contribution in [-0.2, 0) is 0 Å². The third-order valence-corrected chi connectivity index (χ3v) is 4.67. The Morgan fingerprint density at radius 1 is 1.56 bits per heavy atom. The molecular weight excluding hydrogens is 290 g/mol. The van der Waals surface area contributed by atoms with Gasteiger partial charge in [-0.25, -0.2) is 0 Å². The molecule has 0 saturated carbocycles. The van der Waals surface area contributed by atoms with Gasteiger partial charge in [-0.05, 0) is 40.2 Å². The summed E-state index contributed by atoms with van der Waals surface area (Å²) in [6, 6.07) is 1.90. The topological polar surface area (TPSA) is 40.5 Å². The van der Waals surface area contributed by atoms with E-state index in [9.17, 15) is 9.90 Å². The van der Waals surface area contributed by atoms with E-state index in [2.05, 4.69) is 20.8 Å². The zero-order chi connectivity index (χ0) is 11.5. The number of likely N-dealkylation sites (tertiary alicyclic amines) is 1. The number of carbonyl (C=O) groups excluding carboxylic acids is 1. The molecule has 0 unspecified atom stereocenters. The zero-order valence-electron chi connectivity index (χ0n) is 8.86. The van der Waals surface area contributed by atoms with Gasteiger partial charge in [0.15, 0.2) is 5.78 Å². The monoisotopic (exact) mass is 303 g/mol. The van der Waals surface area contributed by atoms with Crippen molar-refractivity contribution in [2.45, 2.75) is 18.9 Å². The van der Waals surface area contributed by atoms with Gasteiger partial charge < -0.3 is 5.11 Å². The summed E-state index contributed by atoms with van der Waals surface area (Å²) in [6.07, 6.45) is 1.37. The fourth-order valence-electron chi connectivity index (χ4n) is 1.85. The van der Waals surface area contributed by atoms with Crippen LogP contribution < -0.4 is 0 Å². The fourth-order valence-corrected chi connectivity index (χ4v) is 3.37. The summed E-state index contributed by atoms with van der Waals surface area (Å²) < 4.78 is 0.888. The highest BCUT2D eigenvalue weighted by Crippen LogP contribution is 2.23. The molecule has 2 heterocycles. The lowest BCUT2D eigenvalue weighted by Crippen LogP contribution is -2.38. The Kier molecular flexibility index (Phi) is 4.13. The molecule has 1 aromatic rings. The minimum atomic E-state index is -0.181. The van der Waals surface area contributed by atoms with Crippen LogP contribution in [0.25, 0.3) is 0 Å². The van der Waals surface area contributed by atoms with E-state index in [-0.39, 0.29) is 11.9 Å². The van der Waals surface area contributed by atoms with Gasteiger partial charge in [-0.1, -0.05) is 0 Å². The van der Waals surface area contributed by atoms with Gasteiger partial charge in [0.2, 0.25) is 0 Å². The molecular formula is C11H14BrNO2S. The van der Waals surface area contributed by atoms with Crippen molar-refractivity contribution in [3.05, 3.63) is 20.8 Å². The molecule has 0 spiro atoms. The molecule has 0 bridgehead atoms. The van der Waals surface area contributed by atoms with E-state index >= 15 is 0 Å². The van der Waals surface area contributed by atoms with E-state index in [1.165, 1.54) is 11.3 Å². The van der Waals surface area contributed by atoms with Crippen molar-refractivity contribution < 1.29 is 9.90 Å². The molecule has 1 aliphatic heterocycles. The molecule has 0 amide bonds. The standard InChI is InChI=1S/C11H14BrNO2S/c12-9-3-6-16-11(9)10(15)7-13-4-1-8(14)2-5-13/h3,6,8,14H,1-2,4-5,7H2. The molecule has 16 heavy (non-hydrogen) atoms. The number of ketones is 1. The van der Waals surface area contributed by atoms with Crippen molar-refractivity contribution in [3.8, 4) is 0 Å². The van der Waals surface area contributed by atoms with E-state index in [0.29, 0.717) is 6.54 Å². The Labute approximate surface area is 107 Å². The first-order valence-electron chi connectivity index (χ1n) is 5.33. The number of halogens is 1. The highest BCUT2D eigenvalue weighted by Gasteiger charge is 2.20. The fraction of sp³-hybridized carbons (Fsp3) is 0.545. The second-order valence-electron chi connectivity index (χ2n) is 4.03. The highest BCUT2D eigenvalue weighted by atomic mass is 79.9. The van der Waals surface area contributed by atoms with Gasteiger partial charge in [0.25, 0.3) is 0 Å². The average molecular weight is 304 g/mol. The van der Waals surface area contributed by atoms with Crippen molar-refractivity contribution in [1.29, 1.82) is 0 Å². The molecule has 88 valence electrons. The molecule has 0 aliphatic carbocycles. The first-order chi connectivity index (χ1) is 7.66. The molecule has 0 aromatic carbocycles. The first kappa shape index (κ1) is 12.2. The van der Waals surface area contributed by atoms with E-state index in [1.54, 1.807) is 0 Å². The molecule has 1 aliphatic rings. The van der Waals surface area contributed by atoms with Crippen LogP contribution in [0.5, 0.6) is 0 Å². The third kappa shape index (κ3) is 2.91. The maximum absolute atomic E-state index is 12.0. The van der Waals surface area contributed by atoms with Crippen molar-refractivity contribution in [3.63, 3.8) is 0 Å². The largest absolute Gasteiger partial charge is 0.393 e. The molecule has 1 fully saturated rings. The molecule has 1 saturated heterocycles. The normalized spacial score (nSPS) is 18.9. The van der Waals surface area contributed by atoms with E-state index < -0.39 is 0 Å². The van der Waals surface area contributed by atoms with Crippen LogP contribution in [0.4, 0.5) is 0 Å². The average Bonchev–Trinajstić information content (AvgIpc) is 2.68. The number of nitrogens with zero attached hydrogens (tertiary/aromatic N) is 1. The predicted octanol–water partition coefficient (Wildman–Crippen LogP) is 2.15. The number of aliphatic hydroxyl groups is 1. The highest BCUT2D eigenvalue weighted by molar-refractivity contribution is 9.10. The summed E-state index contributed by atoms with van der Waals surface area (Å²) in [7, 11) is 0. The zero-order valence-corrected chi connectivity index (χ0v) is 11.3. The van der Waals surface area contributed by atoms with Crippen LogP contribution in [0.3, 0.4) is 0 Å². The molecule has 2 rings (SSSR count). The molecule has 1 N–H and O–H groups in total. The lowest BCUT2D eigenvalue weighted by atomic mass is 10.1. The maximum Gasteiger partial charge on any atom is 0.187 e. The van der Waals surface area contributed by atoms with Crippen LogP contribution >= 0.6 is 27.3 Å². The molecule has 1 aromatic heterocycles. The summed E-state index contributed by atoms with van der Waals surface area (Å²) in [4.78, 5) is 14.9. The number of carbonyl (C=O) groups is 1. The number of rotatable bonds is 3. The Bertz CT molecular complexity index is 372. The van der Waals surface area contributed by atoms with Crippen LogP contribution in [0.1, 0.15) is 22.5 Å². The van der Waals surface area contributed by atoms with Crippen molar-refractivity contribution >= 4 is 33.0 Å². The summed E-state index contributed by atoms with van der Waals surface area (Å²) in [5.41, 5.74) is 0. The second-order valence-corrected chi connectivity index (χ2v) is 5.80. The van der Waals surface area contributed by atoms with Gasteiger partial charge in [0.1, 0.15) is 0 Å². The Morgan fingerprint density at radius 3 is 2.81 bits per heavy atom. The van der Waals surface area contributed by atoms with E-state index in [1.807, 2.05) is 11.4 Å². The third-order valence-electron chi connectivity index (χ3n) is 2.79. The molecule has 0 atom stereocenters. The van der Waals surface area contributed by atoms with Gasteiger partial charge >= 0.3 is 0 Å². The Morgan fingerprint density at radius 2 is 2.25 bits per heavy atom. The van der Waals surface area contributed by atoms with Gasteiger partial charge in [0, 0.05) is 17.6 Å². The van der Waals surface area contributed by atoms with Crippen molar-refractivity contribution in [2.75, 3.05) is 19.6 Å². The molecule has 0 radical (unpaired) electrons. The smallest absolute Gasteiger partial charge is 0.187 e. The second kappa shape index (κ2) is 5.40. The van der Waals surface area contributed by atoms with Gasteiger partial charge in [0.05, 0.1) is 17.5 Å². The Hall–Kier alpha value is -0.230. The quantitative estimate of drug-likeness (QED) is 0.870. The van der Waals surface area contributed by atoms with Crippen LogP contribution in [0.15, 0.2) is 15.9 Å². The number of Topliss-reactive ketones (excluding diaryl/α,β-unsaturated/α-hetero) is 1. The lowest BCUT2D eigenvalue weighted by molar-refractivity contribution is 0.0713. The van der Waals surface area contributed by atoms with Gasteiger partial charge in [-0.2, -0.15) is 0 Å². The summed E-state index contributed by atoms with van der Waals surface area (Å²) in [5.74, 6) is 0.165. The van der Waals surface area contributed by atoms with E-state index in [4.69, 9.17) is 0 Å². The minimum absolute atomic E-state index is 0.165. The number of hydrogen-bond donors (Lipinski definition) is 1. The maximum atomic E-state index is 12.0. The lowest BCUT2D eigenvalue weighted by Gasteiger charge is -2.28. The summed E-state index contributed by atoms with van der Waals surface area (Å²) in [5, 5.41) is 11.3. The molecule has 3 nitrogen and oxygen atoms in total. The van der Waals surface area contributed by atoms with Gasteiger partial charge in [-0.3, -0.25) is 9.69 Å². The van der Waals surface area contributed by atoms with Crippen LogP contribution in [0, 0.1) is 0 Å². The van der Waals surface area contributed by atoms with Crippen molar-refractivity contribution in [1.82, 2.24) is 4.90 Å². The summed E-state index contributed by atoms with van der Waals surface area (Å²) >= 11 is 4.85. The number of aliphatic hydroxyl groups excluding tert-OH is 1. The number of hydrogen-bond acceptors (Lipinski definition) is 4. The number of thiophene rings is 1. The first-order valence-corrected chi connectivity index (χ1v) is 7.00. The SMILES string of the molecule is O=C(CN1CCC(O)CC1)c1sccc1Br. The Balaban J connectivity index is 1.91. The summed E-state index contributed by atoms with van der Waals surface area (Å²) in [6.45, 7) is 2.09. The van der Waals surface area contributed by atoms with Crippen LogP contribution in [0.2, 0.25) is 0 Å². The van der Waals surface area contributed by atoms with E-state index in [0.717, 1.165) is 35.3 Å². The van der Waals surface area contributed by atoms with Gasteiger partial charge in [-0.15, -0.1) is 11.3 Å². The van der Waals surface area contributed by atoms with Crippen LogP contribution in [-0.4, -0.2) is 41.5 Å². The van der Waals surface area contributed by atoms with Crippen molar-refractivity contribution in [2.24, 2.45) is 0 Å². The predicted molar refractivity (Wildman–Crippen MR) is 68.0 cm³/mol. The minimum Gasteiger partial charge on any atom is -0.393 e. The molecule has 5 heteroatoms.